The van der Waals surface area contributed by atoms with Crippen molar-refractivity contribution >= 4 is 16.7 Å². The van der Waals surface area contributed by atoms with Gasteiger partial charge in [-0.15, -0.1) is 0 Å². The molecule has 0 aromatic carbocycles. The number of tetrazole rings is 1. The Labute approximate surface area is 79.2 Å². The molecular weight excluding hydrogens is 190 g/mol. The van der Waals surface area contributed by atoms with Gasteiger partial charge in [-0.3, -0.25) is 4.21 Å². The van der Waals surface area contributed by atoms with Crippen LogP contribution in [0, 0.1) is 0 Å². The Morgan fingerprint density at radius 3 is 2.85 bits per heavy atom. The average molecular weight is 203 g/mol. The lowest BCUT2D eigenvalue weighted by Crippen LogP contribution is -2.22. The molecule has 1 aromatic rings. The minimum absolute atomic E-state index is 0.0942. The van der Waals surface area contributed by atoms with Crippen molar-refractivity contribution in [3.63, 3.8) is 0 Å². The molecule has 74 valence electrons. The zero-order valence-electron chi connectivity index (χ0n) is 7.89. The molecule has 13 heavy (non-hydrogen) atoms. The minimum atomic E-state index is -0.819. The second-order valence-electron chi connectivity index (χ2n) is 2.82. The van der Waals surface area contributed by atoms with Crippen LogP contribution in [-0.4, -0.2) is 42.5 Å². The van der Waals surface area contributed by atoms with Gasteiger partial charge in [0.15, 0.2) is 0 Å². The molecule has 0 aliphatic rings. The van der Waals surface area contributed by atoms with E-state index in [4.69, 9.17) is 0 Å². The van der Waals surface area contributed by atoms with Crippen molar-refractivity contribution in [2.24, 2.45) is 7.05 Å². The summed E-state index contributed by atoms with van der Waals surface area (Å²) in [7, 11) is 0.927. The van der Waals surface area contributed by atoms with Gasteiger partial charge >= 0.3 is 0 Å². The molecule has 0 spiro atoms. The number of aryl methyl sites for hydroxylation is 1. The van der Waals surface area contributed by atoms with Crippen LogP contribution in [0.1, 0.15) is 6.92 Å². The summed E-state index contributed by atoms with van der Waals surface area (Å²) < 4.78 is 12.5. The number of anilines is 1. The van der Waals surface area contributed by atoms with Crippen LogP contribution in [0.25, 0.3) is 0 Å². The summed E-state index contributed by atoms with van der Waals surface area (Å²) in [5.41, 5.74) is 0. The molecule has 1 aromatic heterocycles. The minimum Gasteiger partial charge on any atom is -0.352 e. The molecule has 0 aliphatic carbocycles. The molecular formula is C6H13N5OS. The molecule has 0 aliphatic heterocycles. The Balaban J connectivity index is 2.44. The van der Waals surface area contributed by atoms with E-state index < -0.39 is 10.8 Å². The molecule has 0 bridgehead atoms. The van der Waals surface area contributed by atoms with Crippen LogP contribution in [0.15, 0.2) is 0 Å². The van der Waals surface area contributed by atoms with Crippen molar-refractivity contribution in [2.75, 3.05) is 18.1 Å². The molecule has 0 fully saturated rings. The summed E-state index contributed by atoms with van der Waals surface area (Å²) in [6, 6.07) is 0. The number of aromatic nitrogens is 4. The second kappa shape index (κ2) is 4.31. The molecule has 0 radical (unpaired) electrons. The quantitative estimate of drug-likeness (QED) is 0.706. The summed E-state index contributed by atoms with van der Waals surface area (Å²) in [6.07, 6.45) is 1.68. The first kappa shape index (κ1) is 10.1. The van der Waals surface area contributed by atoms with E-state index in [-0.39, 0.29) is 5.25 Å². The van der Waals surface area contributed by atoms with Crippen LogP contribution >= 0.6 is 0 Å². The first-order chi connectivity index (χ1) is 6.11. The highest BCUT2D eigenvalue weighted by molar-refractivity contribution is 7.84. The molecule has 2 atom stereocenters. The van der Waals surface area contributed by atoms with Crippen molar-refractivity contribution in [2.45, 2.75) is 12.2 Å². The summed E-state index contributed by atoms with van der Waals surface area (Å²) in [6.45, 7) is 2.52. The fraction of sp³-hybridized carbons (Fsp3) is 0.833. The Bertz CT molecular complexity index is 299. The lowest BCUT2D eigenvalue weighted by molar-refractivity contribution is 0.677. The van der Waals surface area contributed by atoms with Gasteiger partial charge < -0.3 is 5.32 Å². The normalized spacial score (nSPS) is 15.3. The fourth-order valence-electron chi connectivity index (χ4n) is 0.732. The van der Waals surface area contributed by atoms with Gasteiger partial charge in [0.05, 0.1) is 0 Å². The molecule has 1 heterocycles. The van der Waals surface area contributed by atoms with E-state index in [9.17, 15) is 4.21 Å². The van der Waals surface area contributed by atoms with Crippen molar-refractivity contribution in [3.8, 4) is 0 Å². The molecule has 1 N–H and O–H groups in total. The van der Waals surface area contributed by atoms with Crippen LogP contribution in [0.2, 0.25) is 0 Å². The topological polar surface area (TPSA) is 72.7 Å². The largest absolute Gasteiger partial charge is 0.352 e. The third kappa shape index (κ3) is 2.76. The van der Waals surface area contributed by atoms with E-state index >= 15 is 0 Å². The van der Waals surface area contributed by atoms with Crippen molar-refractivity contribution in [1.29, 1.82) is 0 Å². The smallest absolute Gasteiger partial charge is 0.242 e. The Morgan fingerprint density at radius 2 is 2.38 bits per heavy atom. The lowest BCUT2D eigenvalue weighted by Gasteiger charge is -2.08. The first-order valence-electron chi connectivity index (χ1n) is 3.89. The summed E-state index contributed by atoms with van der Waals surface area (Å²) in [5, 5.41) is 14.0. The second-order valence-corrected chi connectivity index (χ2v) is 4.62. The van der Waals surface area contributed by atoms with E-state index in [0.717, 1.165) is 0 Å². The maximum atomic E-state index is 11.0. The number of rotatable bonds is 4. The summed E-state index contributed by atoms with van der Waals surface area (Å²) >= 11 is 0. The SMILES string of the molecule is CC(CNc1nnnn1C)S(C)=O. The van der Waals surface area contributed by atoms with E-state index in [2.05, 4.69) is 20.8 Å². The number of nitrogens with one attached hydrogen (secondary N) is 1. The Hall–Kier alpha value is -0.980. The van der Waals surface area contributed by atoms with Crippen LogP contribution in [0.4, 0.5) is 5.95 Å². The van der Waals surface area contributed by atoms with E-state index in [1.807, 2.05) is 6.92 Å². The predicted molar refractivity (Wildman–Crippen MR) is 50.8 cm³/mol. The average Bonchev–Trinajstić information content (AvgIpc) is 2.47. The summed E-state index contributed by atoms with van der Waals surface area (Å²) in [4.78, 5) is 0. The highest BCUT2D eigenvalue weighted by Crippen LogP contribution is 1.98. The van der Waals surface area contributed by atoms with Crippen molar-refractivity contribution in [3.05, 3.63) is 0 Å². The van der Waals surface area contributed by atoms with Gasteiger partial charge in [0.2, 0.25) is 5.95 Å². The van der Waals surface area contributed by atoms with Crippen LogP contribution in [0.3, 0.4) is 0 Å². The maximum absolute atomic E-state index is 11.0. The van der Waals surface area contributed by atoms with Crippen LogP contribution in [-0.2, 0) is 17.8 Å². The van der Waals surface area contributed by atoms with Gasteiger partial charge in [-0.25, -0.2) is 4.68 Å². The molecule has 1 rings (SSSR count). The van der Waals surface area contributed by atoms with Gasteiger partial charge in [0.1, 0.15) is 0 Å². The van der Waals surface area contributed by atoms with Gasteiger partial charge in [-0.05, 0) is 17.4 Å². The predicted octanol–water partition coefficient (Wildman–Crippen LogP) is -0.611. The highest BCUT2D eigenvalue weighted by atomic mass is 32.2. The van der Waals surface area contributed by atoms with Crippen LogP contribution in [0.5, 0.6) is 0 Å². The van der Waals surface area contributed by atoms with Crippen molar-refractivity contribution < 1.29 is 4.21 Å². The number of hydrogen-bond donors (Lipinski definition) is 1. The van der Waals surface area contributed by atoms with E-state index in [1.54, 1.807) is 13.3 Å². The highest BCUT2D eigenvalue weighted by Gasteiger charge is 2.07. The Kier molecular flexibility index (Phi) is 3.35. The molecule has 0 saturated carbocycles. The maximum Gasteiger partial charge on any atom is 0.242 e. The first-order valence-corrected chi connectivity index (χ1v) is 5.52. The fourth-order valence-corrected chi connectivity index (χ4v) is 1.05. The lowest BCUT2D eigenvalue weighted by atomic mass is 10.5. The zero-order valence-corrected chi connectivity index (χ0v) is 8.71. The molecule has 2 unspecified atom stereocenters. The number of hydrogen-bond acceptors (Lipinski definition) is 5. The Morgan fingerprint density at radius 1 is 1.69 bits per heavy atom. The third-order valence-electron chi connectivity index (χ3n) is 1.73. The van der Waals surface area contributed by atoms with E-state index in [1.165, 1.54) is 4.68 Å². The number of nitrogens with zero attached hydrogens (tertiary/aromatic N) is 4. The molecule has 0 saturated heterocycles. The van der Waals surface area contributed by atoms with Crippen LogP contribution < -0.4 is 5.32 Å². The van der Waals surface area contributed by atoms with Gasteiger partial charge in [0.25, 0.3) is 0 Å². The van der Waals surface area contributed by atoms with Crippen molar-refractivity contribution in [1.82, 2.24) is 20.2 Å². The van der Waals surface area contributed by atoms with Gasteiger partial charge in [-0.2, -0.15) is 0 Å². The standard InChI is InChI=1S/C6H13N5OS/c1-5(13(3)12)4-7-6-8-9-10-11(6)2/h5H,4H2,1-3H3,(H,7,8,10). The van der Waals surface area contributed by atoms with E-state index in [0.29, 0.717) is 12.5 Å². The molecule has 6 nitrogen and oxygen atoms in total. The molecule has 0 amide bonds. The third-order valence-corrected chi connectivity index (χ3v) is 3.03. The van der Waals surface area contributed by atoms with Gasteiger partial charge in [-0.1, -0.05) is 5.10 Å². The zero-order chi connectivity index (χ0) is 9.84. The molecule has 7 heteroatoms. The van der Waals surface area contributed by atoms with Gasteiger partial charge in [0, 0.05) is 35.9 Å². The summed E-state index contributed by atoms with van der Waals surface area (Å²) in [5.74, 6) is 0.595. The monoisotopic (exact) mass is 203 g/mol.